The summed E-state index contributed by atoms with van der Waals surface area (Å²) in [6, 6.07) is 20.0. The van der Waals surface area contributed by atoms with Gasteiger partial charge in [-0.3, -0.25) is 19.2 Å². The maximum Gasteiger partial charge on any atom is 0.245 e. The maximum atomic E-state index is 13.8. The molecule has 228 valence electrons. The van der Waals surface area contributed by atoms with E-state index in [1.807, 2.05) is 66.7 Å². The summed E-state index contributed by atoms with van der Waals surface area (Å²) in [6.45, 7) is 1.46. The number of piperazine rings is 1. The summed E-state index contributed by atoms with van der Waals surface area (Å²) in [5.74, 6) is -0.942. The minimum absolute atomic E-state index is 0.0944. The molecule has 0 aliphatic carbocycles. The van der Waals surface area contributed by atoms with Gasteiger partial charge < -0.3 is 20.0 Å². The third kappa shape index (κ3) is 6.51. The molecule has 3 heterocycles. The number of thiazole rings is 1. The van der Waals surface area contributed by atoms with Crippen molar-refractivity contribution in [3.63, 3.8) is 0 Å². The van der Waals surface area contributed by atoms with E-state index in [-0.39, 0.29) is 43.0 Å². The molecule has 9 nitrogen and oxygen atoms in total. The third-order valence-corrected chi connectivity index (χ3v) is 9.79. The highest BCUT2D eigenvalue weighted by molar-refractivity contribution is 7.20. The fourth-order valence-electron chi connectivity index (χ4n) is 6.47. The quantitative estimate of drug-likeness (QED) is 0.289. The van der Waals surface area contributed by atoms with E-state index in [0.29, 0.717) is 11.4 Å². The van der Waals surface area contributed by atoms with Crippen molar-refractivity contribution in [2.45, 2.75) is 37.8 Å². The highest BCUT2D eigenvalue weighted by atomic mass is 32.1. The Labute approximate surface area is 260 Å². The molecule has 3 amide bonds. The molecule has 2 aliphatic rings. The average molecular weight is 612 g/mol. The molecule has 2 fully saturated rings. The van der Waals surface area contributed by atoms with Crippen LogP contribution < -0.4 is 5.32 Å². The van der Waals surface area contributed by atoms with Gasteiger partial charge in [-0.2, -0.15) is 0 Å². The van der Waals surface area contributed by atoms with Gasteiger partial charge in [0.05, 0.1) is 22.8 Å². The SMILES string of the molecule is CN1CCCC(C[C@H](NC(=O)CN2C(=O)CN(C)C(=O)[C@@H]2Cc2ccc3ccccc3c2)C(=O)c2nc3ccccc3s2)C1. The number of carbonyl (C=O) groups is 4. The Bertz CT molecular complexity index is 1690. The molecule has 2 saturated heterocycles. The number of Topliss-reactive ketones (excluding diaryl/α,β-unsaturated/α-hetero) is 1. The molecule has 10 heteroatoms. The number of likely N-dealkylation sites (N-methyl/N-ethyl adjacent to an activating group) is 1. The molecule has 1 unspecified atom stereocenters. The predicted molar refractivity (Wildman–Crippen MR) is 172 cm³/mol. The number of ketones is 1. The van der Waals surface area contributed by atoms with Gasteiger partial charge in [-0.25, -0.2) is 4.98 Å². The summed E-state index contributed by atoms with van der Waals surface area (Å²) in [6.07, 6.45) is 2.78. The van der Waals surface area contributed by atoms with Gasteiger partial charge in [0.15, 0.2) is 5.01 Å². The van der Waals surface area contributed by atoms with Crippen molar-refractivity contribution in [1.82, 2.24) is 25.0 Å². The van der Waals surface area contributed by atoms with Gasteiger partial charge in [0.1, 0.15) is 12.6 Å². The van der Waals surface area contributed by atoms with Crippen LogP contribution in [0.15, 0.2) is 66.7 Å². The summed E-state index contributed by atoms with van der Waals surface area (Å²) in [7, 11) is 3.68. The fraction of sp³-hybridized carbons (Fsp3) is 0.382. The molecule has 1 aromatic heterocycles. The molecule has 0 bridgehead atoms. The van der Waals surface area contributed by atoms with E-state index >= 15 is 0 Å². The number of hydrogen-bond donors (Lipinski definition) is 1. The summed E-state index contributed by atoms with van der Waals surface area (Å²) in [5, 5.41) is 5.46. The summed E-state index contributed by atoms with van der Waals surface area (Å²) >= 11 is 1.33. The standard InChI is InChI=1S/C34H37N5O4S/c1-37-15-7-8-23(19-37)17-27(32(42)33-36-26-11-5-6-12-29(26)44-33)35-30(40)20-39-28(34(43)38(2)21-31(39)41)18-22-13-14-24-9-3-4-10-25(24)16-22/h3-6,9-14,16,23,27-28H,7-8,15,17-21H2,1-2H3,(H,35,40)/t23?,27-,28-/m0/s1. The lowest BCUT2D eigenvalue weighted by molar-refractivity contribution is -0.155. The molecular formula is C34H37N5O4S. The third-order valence-electron chi connectivity index (χ3n) is 8.73. The van der Waals surface area contributed by atoms with Crippen LogP contribution >= 0.6 is 11.3 Å². The number of benzene rings is 3. The number of hydrogen-bond acceptors (Lipinski definition) is 7. The summed E-state index contributed by atoms with van der Waals surface area (Å²) in [4.78, 5) is 63.7. The first kappa shape index (κ1) is 29.9. The van der Waals surface area contributed by atoms with Crippen LogP contribution in [0.5, 0.6) is 0 Å². The van der Waals surface area contributed by atoms with Gasteiger partial charge >= 0.3 is 0 Å². The Morgan fingerprint density at radius 1 is 1.02 bits per heavy atom. The smallest absolute Gasteiger partial charge is 0.245 e. The van der Waals surface area contributed by atoms with Crippen molar-refractivity contribution < 1.29 is 19.2 Å². The monoisotopic (exact) mass is 611 g/mol. The molecule has 2 aliphatic heterocycles. The first-order chi connectivity index (χ1) is 21.2. The molecule has 6 rings (SSSR count). The normalized spacial score (nSPS) is 20.3. The summed E-state index contributed by atoms with van der Waals surface area (Å²) in [5.41, 5.74) is 1.65. The number of nitrogens with one attached hydrogen (secondary N) is 1. The van der Waals surface area contributed by atoms with Crippen molar-refractivity contribution in [3.8, 4) is 0 Å². The summed E-state index contributed by atoms with van der Waals surface area (Å²) < 4.78 is 0.913. The fourth-order valence-corrected chi connectivity index (χ4v) is 7.43. The van der Waals surface area contributed by atoms with Gasteiger partial charge in [-0.15, -0.1) is 11.3 Å². The van der Waals surface area contributed by atoms with Crippen molar-refractivity contribution in [3.05, 3.63) is 77.3 Å². The van der Waals surface area contributed by atoms with Gasteiger partial charge in [0, 0.05) is 20.0 Å². The molecule has 0 saturated carbocycles. The van der Waals surface area contributed by atoms with Crippen LogP contribution in [0.4, 0.5) is 0 Å². The largest absolute Gasteiger partial charge is 0.344 e. The van der Waals surface area contributed by atoms with E-state index < -0.39 is 18.0 Å². The number of piperidine rings is 1. The average Bonchev–Trinajstić information content (AvgIpc) is 3.45. The number of amides is 3. The van der Waals surface area contributed by atoms with Gasteiger partial charge in [0.2, 0.25) is 23.5 Å². The second-order valence-electron chi connectivity index (χ2n) is 12.1. The lowest BCUT2D eigenvalue weighted by Crippen LogP contribution is -2.61. The van der Waals surface area contributed by atoms with Crippen LogP contribution in [0.2, 0.25) is 0 Å². The Kier molecular flexibility index (Phi) is 8.72. The number of carbonyl (C=O) groups excluding carboxylic acids is 4. The van der Waals surface area contributed by atoms with Crippen molar-refractivity contribution in [2.24, 2.45) is 5.92 Å². The lowest BCUT2D eigenvalue weighted by Gasteiger charge is -2.39. The topological polar surface area (TPSA) is 103 Å². The van der Waals surface area contributed by atoms with E-state index in [4.69, 9.17) is 0 Å². The predicted octanol–water partition coefficient (Wildman–Crippen LogP) is 3.76. The van der Waals surface area contributed by atoms with Crippen molar-refractivity contribution in [2.75, 3.05) is 40.3 Å². The van der Waals surface area contributed by atoms with E-state index in [1.165, 1.54) is 21.1 Å². The minimum Gasteiger partial charge on any atom is -0.344 e. The molecule has 3 atom stereocenters. The Morgan fingerprint density at radius 3 is 2.59 bits per heavy atom. The van der Waals surface area contributed by atoms with Gasteiger partial charge in [0.25, 0.3) is 0 Å². The van der Waals surface area contributed by atoms with Crippen LogP contribution in [0.25, 0.3) is 21.0 Å². The number of aromatic nitrogens is 1. The molecule has 1 N–H and O–H groups in total. The van der Waals surface area contributed by atoms with E-state index in [0.717, 1.165) is 52.5 Å². The number of rotatable bonds is 9. The van der Waals surface area contributed by atoms with Crippen molar-refractivity contribution >= 4 is 55.8 Å². The van der Waals surface area contributed by atoms with Crippen LogP contribution in [-0.2, 0) is 20.8 Å². The van der Waals surface area contributed by atoms with Crippen LogP contribution in [0, 0.1) is 5.92 Å². The Hall–Kier alpha value is -4.15. The molecule has 3 aromatic carbocycles. The van der Waals surface area contributed by atoms with Gasteiger partial charge in [-0.05, 0) is 67.2 Å². The molecular weight excluding hydrogens is 574 g/mol. The zero-order valence-electron chi connectivity index (χ0n) is 25.1. The molecule has 4 aromatic rings. The molecule has 44 heavy (non-hydrogen) atoms. The zero-order valence-corrected chi connectivity index (χ0v) is 25.9. The highest BCUT2D eigenvalue weighted by Gasteiger charge is 2.39. The maximum absolute atomic E-state index is 13.8. The van der Waals surface area contributed by atoms with Crippen LogP contribution in [0.3, 0.4) is 0 Å². The Morgan fingerprint density at radius 2 is 1.80 bits per heavy atom. The number of para-hydroxylation sites is 1. The van der Waals surface area contributed by atoms with E-state index in [9.17, 15) is 19.2 Å². The number of likely N-dealkylation sites (tertiary alicyclic amines) is 1. The van der Waals surface area contributed by atoms with Crippen LogP contribution in [-0.4, -0.2) is 95.5 Å². The van der Waals surface area contributed by atoms with Gasteiger partial charge in [-0.1, -0.05) is 54.6 Å². The first-order valence-electron chi connectivity index (χ1n) is 15.1. The molecule has 0 radical (unpaired) electrons. The highest BCUT2D eigenvalue weighted by Crippen LogP contribution is 2.26. The van der Waals surface area contributed by atoms with Crippen molar-refractivity contribution in [1.29, 1.82) is 0 Å². The molecule has 0 spiro atoms. The Balaban J connectivity index is 1.22. The second-order valence-corrected chi connectivity index (χ2v) is 13.1. The first-order valence-corrected chi connectivity index (χ1v) is 16.0. The second kappa shape index (κ2) is 12.8. The lowest BCUT2D eigenvalue weighted by atomic mass is 9.90. The minimum atomic E-state index is -0.821. The number of fused-ring (bicyclic) bond motifs is 2. The van der Waals surface area contributed by atoms with E-state index in [2.05, 4.69) is 22.2 Å². The zero-order chi connectivity index (χ0) is 30.8. The van der Waals surface area contributed by atoms with Crippen LogP contribution in [0.1, 0.15) is 34.6 Å². The number of nitrogens with zero attached hydrogens (tertiary/aromatic N) is 4. The van der Waals surface area contributed by atoms with E-state index in [1.54, 1.807) is 7.05 Å².